The maximum Gasteiger partial charge on any atom is 0.0545 e. The average molecular weight is 190 g/mol. The molecule has 0 aromatic carbocycles. The molecular weight excluding hydrogens is 178 g/mol. The summed E-state index contributed by atoms with van der Waals surface area (Å²) in [5, 5.41) is 6.20. The van der Waals surface area contributed by atoms with Gasteiger partial charge in [-0.25, -0.2) is 0 Å². The molecule has 0 saturated carbocycles. The molecule has 11 heavy (non-hydrogen) atoms. The van der Waals surface area contributed by atoms with E-state index in [1.54, 1.807) is 11.3 Å². The van der Waals surface area contributed by atoms with Crippen LogP contribution < -0.4 is 5.32 Å². The van der Waals surface area contributed by atoms with E-state index in [1.807, 2.05) is 11.4 Å². The summed E-state index contributed by atoms with van der Waals surface area (Å²) in [6, 6.07) is 1.95. The molecule has 62 valence electrons. The third-order valence-electron chi connectivity index (χ3n) is 1.47. The molecule has 0 fully saturated rings. The molecular formula is C8H12ClNS. The Morgan fingerprint density at radius 3 is 3.00 bits per heavy atom. The minimum atomic E-state index is 0.910. The number of hydrogen-bond acceptors (Lipinski definition) is 2. The van der Waals surface area contributed by atoms with Gasteiger partial charge in [-0.15, -0.1) is 11.3 Å². The van der Waals surface area contributed by atoms with Crippen molar-refractivity contribution in [3.8, 4) is 0 Å². The minimum Gasteiger partial charge on any atom is -0.317 e. The van der Waals surface area contributed by atoms with E-state index in [-0.39, 0.29) is 0 Å². The summed E-state index contributed by atoms with van der Waals surface area (Å²) >= 11 is 7.63. The van der Waals surface area contributed by atoms with Crippen LogP contribution in [0.3, 0.4) is 0 Å². The Kier molecular flexibility index (Phi) is 3.91. The molecule has 1 heterocycles. The van der Waals surface area contributed by atoms with Crippen molar-refractivity contribution in [1.82, 2.24) is 5.32 Å². The van der Waals surface area contributed by atoms with Crippen molar-refractivity contribution >= 4 is 22.9 Å². The van der Waals surface area contributed by atoms with Crippen LogP contribution in [0.1, 0.15) is 11.8 Å². The summed E-state index contributed by atoms with van der Waals surface area (Å²) in [7, 11) is 0. The van der Waals surface area contributed by atoms with Crippen LogP contribution in [0.2, 0.25) is 5.02 Å². The molecule has 0 saturated heterocycles. The van der Waals surface area contributed by atoms with Gasteiger partial charge >= 0.3 is 0 Å². The zero-order chi connectivity index (χ0) is 8.10. The molecule has 1 rings (SSSR count). The van der Waals surface area contributed by atoms with Gasteiger partial charge in [-0.05, 0) is 31.0 Å². The highest BCUT2D eigenvalue weighted by Gasteiger charge is 1.99. The first-order valence-electron chi connectivity index (χ1n) is 3.77. The van der Waals surface area contributed by atoms with Crippen molar-refractivity contribution < 1.29 is 0 Å². The maximum atomic E-state index is 5.90. The van der Waals surface area contributed by atoms with Crippen LogP contribution in [0.4, 0.5) is 0 Å². The summed E-state index contributed by atoms with van der Waals surface area (Å²) in [5.41, 5.74) is 0. The van der Waals surface area contributed by atoms with Crippen molar-refractivity contribution in [3.05, 3.63) is 21.3 Å². The Morgan fingerprint density at radius 2 is 2.45 bits per heavy atom. The zero-order valence-corrected chi connectivity index (χ0v) is 8.13. The number of halogens is 1. The smallest absolute Gasteiger partial charge is 0.0545 e. The van der Waals surface area contributed by atoms with E-state index in [9.17, 15) is 0 Å². The van der Waals surface area contributed by atoms with E-state index in [2.05, 4.69) is 12.2 Å². The quantitative estimate of drug-likeness (QED) is 0.718. The lowest BCUT2D eigenvalue weighted by molar-refractivity contribution is 0.721. The van der Waals surface area contributed by atoms with Crippen LogP contribution in [-0.2, 0) is 6.42 Å². The van der Waals surface area contributed by atoms with Crippen molar-refractivity contribution in [3.63, 3.8) is 0 Å². The van der Waals surface area contributed by atoms with Gasteiger partial charge in [0.25, 0.3) is 0 Å². The Morgan fingerprint density at radius 1 is 1.64 bits per heavy atom. The van der Waals surface area contributed by atoms with Gasteiger partial charge in [0.15, 0.2) is 0 Å². The first kappa shape index (κ1) is 9.04. The lowest BCUT2D eigenvalue weighted by Crippen LogP contribution is -2.15. The predicted octanol–water partition coefficient (Wildman–Crippen LogP) is 2.55. The second-order valence-electron chi connectivity index (χ2n) is 2.30. The molecule has 1 aromatic heterocycles. The van der Waals surface area contributed by atoms with Crippen LogP contribution >= 0.6 is 22.9 Å². The van der Waals surface area contributed by atoms with Crippen LogP contribution in [-0.4, -0.2) is 13.1 Å². The average Bonchev–Trinajstić information content (AvgIpc) is 2.37. The van der Waals surface area contributed by atoms with E-state index in [0.717, 1.165) is 24.5 Å². The summed E-state index contributed by atoms with van der Waals surface area (Å²) in [6.45, 7) is 4.16. The molecule has 0 amide bonds. The third kappa shape index (κ3) is 2.81. The molecule has 0 aliphatic carbocycles. The molecule has 0 spiro atoms. The molecule has 0 aliphatic heterocycles. The van der Waals surface area contributed by atoms with Gasteiger partial charge in [0, 0.05) is 4.88 Å². The summed E-state index contributed by atoms with van der Waals surface area (Å²) in [4.78, 5) is 1.28. The standard InChI is InChI=1S/C8H12ClNS/c1-2-10-5-3-8-7(9)4-6-11-8/h4,6,10H,2-3,5H2,1H3. The fourth-order valence-corrected chi connectivity index (χ4v) is 2.02. The van der Waals surface area contributed by atoms with Gasteiger partial charge in [-0.1, -0.05) is 18.5 Å². The summed E-state index contributed by atoms with van der Waals surface area (Å²) in [6.07, 6.45) is 1.05. The molecule has 1 N–H and O–H groups in total. The number of likely N-dealkylation sites (N-methyl/N-ethyl adjacent to an activating group) is 1. The SMILES string of the molecule is CCNCCc1sccc1Cl. The van der Waals surface area contributed by atoms with Gasteiger partial charge in [-0.2, -0.15) is 0 Å². The first-order valence-corrected chi connectivity index (χ1v) is 5.03. The van der Waals surface area contributed by atoms with E-state index in [0.29, 0.717) is 0 Å². The third-order valence-corrected chi connectivity index (χ3v) is 2.92. The van der Waals surface area contributed by atoms with E-state index in [1.165, 1.54) is 4.88 Å². The minimum absolute atomic E-state index is 0.910. The first-order chi connectivity index (χ1) is 5.34. The molecule has 0 unspecified atom stereocenters. The molecule has 0 aliphatic rings. The fraction of sp³-hybridized carbons (Fsp3) is 0.500. The van der Waals surface area contributed by atoms with Gasteiger partial charge in [0.1, 0.15) is 0 Å². The van der Waals surface area contributed by atoms with Crippen LogP contribution in [0.5, 0.6) is 0 Å². The molecule has 0 bridgehead atoms. The number of hydrogen-bond donors (Lipinski definition) is 1. The highest BCUT2D eigenvalue weighted by atomic mass is 35.5. The Bertz CT molecular complexity index is 210. The normalized spacial score (nSPS) is 10.4. The second kappa shape index (κ2) is 4.75. The Labute approximate surface area is 76.4 Å². The molecule has 1 nitrogen and oxygen atoms in total. The highest BCUT2D eigenvalue weighted by molar-refractivity contribution is 7.10. The van der Waals surface area contributed by atoms with E-state index < -0.39 is 0 Å². The predicted molar refractivity (Wildman–Crippen MR) is 51.6 cm³/mol. The van der Waals surface area contributed by atoms with Crippen LogP contribution in [0.25, 0.3) is 0 Å². The van der Waals surface area contributed by atoms with Crippen molar-refractivity contribution in [2.45, 2.75) is 13.3 Å². The monoisotopic (exact) mass is 189 g/mol. The summed E-state index contributed by atoms with van der Waals surface area (Å²) in [5.74, 6) is 0. The number of nitrogens with one attached hydrogen (secondary N) is 1. The Balaban J connectivity index is 2.32. The van der Waals surface area contributed by atoms with Crippen molar-refractivity contribution in [2.75, 3.05) is 13.1 Å². The Hall–Kier alpha value is -0.0500. The molecule has 3 heteroatoms. The maximum absolute atomic E-state index is 5.90. The van der Waals surface area contributed by atoms with E-state index in [4.69, 9.17) is 11.6 Å². The lowest BCUT2D eigenvalue weighted by Gasteiger charge is -1.98. The largest absolute Gasteiger partial charge is 0.317 e. The van der Waals surface area contributed by atoms with Crippen molar-refractivity contribution in [1.29, 1.82) is 0 Å². The fourth-order valence-electron chi connectivity index (χ4n) is 0.882. The van der Waals surface area contributed by atoms with Gasteiger partial charge < -0.3 is 5.32 Å². The van der Waals surface area contributed by atoms with E-state index >= 15 is 0 Å². The van der Waals surface area contributed by atoms with Gasteiger partial charge in [0.05, 0.1) is 5.02 Å². The van der Waals surface area contributed by atoms with Gasteiger partial charge in [-0.3, -0.25) is 0 Å². The van der Waals surface area contributed by atoms with Gasteiger partial charge in [0.2, 0.25) is 0 Å². The zero-order valence-electron chi connectivity index (χ0n) is 6.56. The highest BCUT2D eigenvalue weighted by Crippen LogP contribution is 2.21. The van der Waals surface area contributed by atoms with Crippen molar-refractivity contribution in [2.24, 2.45) is 0 Å². The van der Waals surface area contributed by atoms with Crippen LogP contribution in [0, 0.1) is 0 Å². The van der Waals surface area contributed by atoms with Crippen LogP contribution in [0.15, 0.2) is 11.4 Å². The number of thiophene rings is 1. The summed E-state index contributed by atoms with van der Waals surface area (Å²) < 4.78 is 0. The second-order valence-corrected chi connectivity index (χ2v) is 3.70. The number of rotatable bonds is 4. The molecule has 0 radical (unpaired) electrons. The molecule has 1 aromatic rings. The lowest BCUT2D eigenvalue weighted by atomic mass is 10.3. The topological polar surface area (TPSA) is 12.0 Å². The molecule has 0 atom stereocenters.